The fourth-order valence-electron chi connectivity index (χ4n) is 2.19. The molecule has 1 saturated carbocycles. The summed E-state index contributed by atoms with van der Waals surface area (Å²) in [5.41, 5.74) is 2.94. The van der Waals surface area contributed by atoms with Crippen LogP contribution < -0.4 is 11.3 Å². The van der Waals surface area contributed by atoms with E-state index in [4.69, 9.17) is 5.84 Å². The van der Waals surface area contributed by atoms with E-state index in [-0.39, 0.29) is 0 Å². The molecule has 1 atom stereocenters. The number of rotatable bonds is 3. The first-order chi connectivity index (χ1) is 5.25. The van der Waals surface area contributed by atoms with Crippen LogP contribution >= 0.6 is 0 Å². The van der Waals surface area contributed by atoms with Gasteiger partial charge >= 0.3 is 0 Å². The van der Waals surface area contributed by atoms with Crippen LogP contribution in [0, 0.1) is 11.8 Å². The lowest BCUT2D eigenvalue weighted by Crippen LogP contribution is -2.43. The highest BCUT2D eigenvalue weighted by Gasteiger charge is 2.25. The van der Waals surface area contributed by atoms with E-state index in [1.807, 2.05) is 0 Å². The molecule has 2 nitrogen and oxygen atoms in total. The second-order valence-corrected chi connectivity index (χ2v) is 3.98. The first-order valence-electron chi connectivity index (χ1n) is 4.72. The lowest BCUT2D eigenvalue weighted by Gasteiger charge is -2.25. The zero-order valence-electron chi connectivity index (χ0n) is 7.64. The Bertz CT molecular complexity index is 106. The van der Waals surface area contributed by atoms with Gasteiger partial charge in [-0.2, -0.15) is 0 Å². The molecule has 0 aromatic rings. The van der Waals surface area contributed by atoms with Crippen molar-refractivity contribution in [2.75, 3.05) is 0 Å². The van der Waals surface area contributed by atoms with Gasteiger partial charge in [0, 0.05) is 6.04 Å². The fourth-order valence-corrected chi connectivity index (χ4v) is 2.19. The molecule has 0 aromatic carbocycles. The van der Waals surface area contributed by atoms with E-state index in [2.05, 4.69) is 19.3 Å². The van der Waals surface area contributed by atoms with E-state index in [1.54, 1.807) is 0 Å². The topological polar surface area (TPSA) is 38.0 Å². The minimum Gasteiger partial charge on any atom is -0.271 e. The molecule has 0 amide bonds. The molecule has 0 saturated heterocycles. The van der Waals surface area contributed by atoms with E-state index in [0.29, 0.717) is 12.0 Å². The van der Waals surface area contributed by atoms with Crippen molar-refractivity contribution in [3.63, 3.8) is 0 Å². The molecule has 0 bridgehead atoms. The third-order valence-corrected chi connectivity index (χ3v) is 2.82. The summed E-state index contributed by atoms with van der Waals surface area (Å²) in [7, 11) is 0. The first kappa shape index (κ1) is 9.01. The van der Waals surface area contributed by atoms with Gasteiger partial charge < -0.3 is 0 Å². The molecule has 0 radical (unpaired) electrons. The van der Waals surface area contributed by atoms with Crippen LogP contribution in [-0.2, 0) is 0 Å². The van der Waals surface area contributed by atoms with E-state index in [9.17, 15) is 0 Å². The Balaban J connectivity index is 2.40. The molecular weight excluding hydrogens is 136 g/mol. The van der Waals surface area contributed by atoms with Gasteiger partial charge in [-0.05, 0) is 24.7 Å². The van der Waals surface area contributed by atoms with Crippen LogP contribution in [0.25, 0.3) is 0 Å². The molecule has 0 aliphatic heterocycles. The van der Waals surface area contributed by atoms with Crippen molar-refractivity contribution in [1.29, 1.82) is 0 Å². The van der Waals surface area contributed by atoms with Gasteiger partial charge in [-0.25, -0.2) is 0 Å². The van der Waals surface area contributed by atoms with Crippen molar-refractivity contribution < 1.29 is 0 Å². The zero-order chi connectivity index (χ0) is 8.27. The van der Waals surface area contributed by atoms with Gasteiger partial charge in [-0.15, -0.1) is 0 Å². The normalized spacial score (nSPS) is 22.9. The van der Waals surface area contributed by atoms with Crippen molar-refractivity contribution in [2.24, 2.45) is 17.7 Å². The molecule has 1 fully saturated rings. The molecule has 1 unspecified atom stereocenters. The standard InChI is InChI=1S/C9H20N2/c1-7(2)9(11-10)8-5-3-4-6-8/h7-9,11H,3-6,10H2,1-2H3. The fraction of sp³-hybridized carbons (Fsp3) is 1.00. The predicted molar refractivity (Wildman–Crippen MR) is 47.9 cm³/mol. The van der Waals surface area contributed by atoms with Crippen LogP contribution in [0.4, 0.5) is 0 Å². The van der Waals surface area contributed by atoms with Crippen LogP contribution in [0.2, 0.25) is 0 Å². The smallest absolute Gasteiger partial charge is 0.0261 e. The average molecular weight is 156 g/mol. The minimum atomic E-state index is 0.539. The van der Waals surface area contributed by atoms with Gasteiger partial charge in [0.25, 0.3) is 0 Å². The van der Waals surface area contributed by atoms with E-state index in [0.717, 1.165) is 5.92 Å². The second-order valence-electron chi connectivity index (χ2n) is 3.98. The monoisotopic (exact) mass is 156 g/mol. The Labute approximate surface area is 69.5 Å². The summed E-state index contributed by atoms with van der Waals surface area (Å²) in [4.78, 5) is 0. The maximum absolute atomic E-state index is 5.50. The average Bonchev–Trinajstić information content (AvgIpc) is 2.40. The third-order valence-electron chi connectivity index (χ3n) is 2.82. The summed E-state index contributed by atoms with van der Waals surface area (Å²) in [6.07, 6.45) is 5.53. The number of hydrazine groups is 1. The van der Waals surface area contributed by atoms with Gasteiger partial charge in [-0.3, -0.25) is 11.3 Å². The molecule has 66 valence electrons. The van der Waals surface area contributed by atoms with Crippen molar-refractivity contribution in [1.82, 2.24) is 5.43 Å². The zero-order valence-corrected chi connectivity index (χ0v) is 7.64. The number of nitrogens with one attached hydrogen (secondary N) is 1. The first-order valence-corrected chi connectivity index (χ1v) is 4.72. The summed E-state index contributed by atoms with van der Waals surface area (Å²) in [5.74, 6) is 7.01. The Morgan fingerprint density at radius 3 is 2.18 bits per heavy atom. The van der Waals surface area contributed by atoms with Crippen molar-refractivity contribution in [2.45, 2.75) is 45.6 Å². The highest BCUT2D eigenvalue weighted by atomic mass is 15.2. The van der Waals surface area contributed by atoms with Gasteiger partial charge in [0.1, 0.15) is 0 Å². The molecule has 1 aliphatic carbocycles. The van der Waals surface area contributed by atoms with E-state index < -0.39 is 0 Å². The molecule has 2 heteroatoms. The minimum absolute atomic E-state index is 0.539. The molecule has 0 heterocycles. The van der Waals surface area contributed by atoms with Crippen molar-refractivity contribution in [3.8, 4) is 0 Å². The molecule has 3 N–H and O–H groups in total. The second kappa shape index (κ2) is 4.07. The summed E-state index contributed by atoms with van der Waals surface area (Å²) >= 11 is 0. The maximum Gasteiger partial charge on any atom is 0.0261 e. The molecule has 0 spiro atoms. The Morgan fingerprint density at radius 2 is 1.82 bits per heavy atom. The van der Waals surface area contributed by atoms with E-state index >= 15 is 0 Å². The highest BCUT2D eigenvalue weighted by Crippen LogP contribution is 2.30. The van der Waals surface area contributed by atoms with Gasteiger partial charge in [0.05, 0.1) is 0 Å². The largest absolute Gasteiger partial charge is 0.271 e. The van der Waals surface area contributed by atoms with Crippen molar-refractivity contribution >= 4 is 0 Å². The number of hydrogen-bond donors (Lipinski definition) is 2. The SMILES string of the molecule is CC(C)C(NN)C1CCCC1. The Morgan fingerprint density at radius 1 is 1.27 bits per heavy atom. The van der Waals surface area contributed by atoms with Gasteiger partial charge in [0.2, 0.25) is 0 Å². The quantitative estimate of drug-likeness (QED) is 0.482. The Kier molecular flexibility index (Phi) is 3.34. The summed E-state index contributed by atoms with van der Waals surface area (Å²) in [6, 6.07) is 0.539. The predicted octanol–water partition coefficient (Wildman–Crippen LogP) is 1.66. The van der Waals surface area contributed by atoms with Crippen LogP contribution in [-0.4, -0.2) is 6.04 Å². The van der Waals surface area contributed by atoms with E-state index in [1.165, 1.54) is 25.7 Å². The van der Waals surface area contributed by atoms with Crippen LogP contribution in [0.5, 0.6) is 0 Å². The van der Waals surface area contributed by atoms with Crippen LogP contribution in [0.1, 0.15) is 39.5 Å². The lowest BCUT2D eigenvalue weighted by molar-refractivity contribution is 0.289. The summed E-state index contributed by atoms with van der Waals surface area (Å²) in [6.45, 7) is 4.48. The molecule has 1 rings (SSSR count). The van der Waals surface area contributed by atoms with Crippen molar-refractivity contribution in [3.05, 3.63) is 0 Å². The summed E-state index contributed by atoms with van der Waals surface area (Å²) < 4.78 is 0. The molecule has 0 aromatic heterocycles. The maximum atomic E-state index is 5.50. The van der Waals surface area contributed by atoms with Gasteiger partial charge in [-0.1, -0.05) is 26.7 Å². The number of hydrogen-bond acceptors (Lipinski definition) is 2. The van der Waals surface area contributed by atoms with Crippen LogP contribution in [0.3, 0.4) is 0 Å². The van der Waals surface area contributed by atoms with Gasteiger partial charge in [0.15, 0.2) is 0 Å². The summed E-state index contributed by atoms with van der Waals surface area (Å²) in [5, 5.41) is 0. The lowest BCUT2D eigenvalue weighted by atomic mass is 9.90. The Hall–Kier alpha value is -0.0800. The molecular formula is C9H20N2. The highest BCUT2D eigenvalue weighted by molar-refractivity contribution is 4.80. The molecule has 11 heavy (non-hydrogen) atoms. The van der Waals surface area contributed by atoms with Crippen LogP contribution in [0.15, 0.2) is 0 Å². The molecule has 1 aliphatic rings. The number of nitrogens with two attached hydrogens (primary N) is 1. The third kappa shape index (κ3) is 2.17.